The molecule has 1 rings (SSSR count). The largest absolute Gasteiger partial charge is 0.388 e. The van der Waals surface area contributed by atoms with Crippen LogP contribution in [0.4, 0.5) is 0 Å². The molecule has 0 aromatic heterocycles. The van der Waals surface area contributed by atoms with Crippen LogP contribution in [0.5, 0.6) is 0 Å². The minimum Gasteiger partial charge on any atom is -0.388 e. The zero-order valence-electron chi connectivity index (χ0n) is 12.0. The van der Waals surface area contributed by atoms with Crippen molar-refractivity contribution in [3.8, 4) is 0 Å². The summed E-state index contributed by atoms with van der Waals surface area (Å²) in [7, 11) is 0. The topological polar surface area (TPSA) is 20.2 Å². The number of hydrogen-bond donors (Lipinski definition) is 1. The average molecular weight is 269 g/mol. The maximum absolute atomic E-state index is 10.5. The molecule has 2 heteroatoms. The Hall–Kier alpha value is -0.530. The third-order valence-electron chi connectivity index (χ3n) is 3.83. The first-order chi connectivity index (χ1) is 8.51. The van der Waals surface area contributed by atoms with Gasteiger partial charge in [-0.3, -0.25) is 0 Å². The zero-order chi connectivity index (χ0) is 13.7. The van der Waals surface area contributed by atoms with Crippen molar-refractivity contribution >= 4 is 11.6 Å². The second kappa shape index (κ2) is 7.16. The molecule has 1 N–H and O–H groups in total. The van der Waals surface area contributed by atoms with Crippen molar-refractivity contribution in [2.45, 2.75) is 59.5 Å². The van der Waals surface area contributed by atoms with E-state index in [1.54, 1.807) is 0 Å². The summed E-state index contributed by atoms with van der Waals surface area (Å²) >= 11 is 6.27. The van der Waals surface area contributed by atoms with Crippen LogP contribution in [0.25, 0.3) is 0 Å². The average Bonchev–Trinajstić information content (AvgIpc) is 2.34. The first-order valence-electron chi connectivity index (χ1n) is 6.95. The molecule has 2 unspecified atom stereocenters. The smallest absolute Gasteiger partial charge is 0.0832 e. The van der Waals surface area contributed by atoms with E-state index in [1.165, 1.54) is 17.5 Å². The number of hydrogen-bond acceptors (Lipinski definition) is 1. The lowest BCUT2D eigenvalue weighted by Gasteiger charge is -2.23. The molecular weight excluding hydrogens is 244 g/mol. The van der Waals surface area contributed by atoms with Crippen LogP contribution in [-0.4, -0.2) is 5.11 Å². The Balaban J connectivity index is 2.94. The molecule has 102 valence electrons. The number of halogens is 1. The Morgan fingerprint density at radius 2 is 1.78 bits per heavy atom. The van der Waals surface area contributed by atoms with Gasteiger partial charge in [-0.1, -0.05) is 50.8 Å². The van der Waals surface area contributed by atoms with E-state index in [-0.39, 0.29) is 0 Å². The van der Waals surface area contributed by atoms with Crippen molar-refractivity contribution in [3.05, 3.63) is 33.8 Å². The van der Waals surface area contributed by atoms with Gasteiger partial charge in [-0.15, -0.1) is 0 Å². The first kappa shape index (κ1) is 15.5. The monoisotopic (exact) mass is 268 g/mol. The molecule has 0 heterocycles. The van der Waals surface area contributed by atoms with E-state index in [1.807, 2.05) is 19.1 Å². The Morgan fingerprint density at radius 3 is 2.33 bits per heavy atom. The molecule has 1 aromatic rings. The third-order valence-corrected chi connectivity index (χ3v) is 4.16. The number of unbranched alkanes of at least 4 members (excludes halogenated alkanes) is 1. The molecule has 2 atom stereocenters. The fourth-order valence-electron chi connectivity index (χ4n) is 2.34. The van der Waals surface area contributed by atoms with Crippen LogP contribution < -0.4 is 0 Å². The number of benzene rings is 1. The molecule has 0 saturated carbocycles. The second-order valence-electron chi connectivity index (χ2n) is 5.21. The Labute approximate surface area is 116 Å². The standard InChI is InChI=1S/C16H25ClO/c1-5-7-8-13(6-2)16(18)14-9-11(3)12(4)10-15(14)17/h9-10,13,16,18H,5-8H2,1-4H3. The minimum absolute atomic E-state index is 0.310. The van der Waals surface area contributed by atoms with Crippen LogP contribution in [0.2, 0.25) is 5.02 Å². The summed E-state index contributed by atoms with van der Waals surface area (Å²) in [5.74, 6) is 0.310. The second-order valence-corrected chi connectivity index (χ2v) is 5.62. The Bertz CT molecular complexity index is 387. The van der Waals surface area contributed by atoms with E-state index in [0.717, 1.165) is 24.8 Å². The molecule has 0 radical (unpaired) electrons. The molecule has 0 aliphatic carbocycles. The van der Waals surface area contributed by atoms with Gasteiger partial charge >= 0.3 is 0 Å². The molecule has 0 aliphatic rings. The van der Waals surface area contributed by atoms with Gasteiger partial charge in [0.15, 0.2) is 0 Å². The van der Waals surface area contributed by atoms with E-state index < -0.39 is 6.10 Å². The van der Waals surface area contributed by atoms with Gasteiger partial charge in [0.25, 0.3) is 0 Å². The lowest BCUT2D eigenvalue weighted by Crippen LogP contribution is -2.13. The summed E-state index contributed by atoms with van der Waals surface area (Å²) in [5.41, 5.74) is 3.26. The lowest BCUT2D eigenvalue weighted by molar-refractivity contribution is 0.0989. The predicted molar refractivity (Wildman–Crippen MR) is 79.2 cm³/mol. The van der Waals surface area contributed by atoms with E-state index in [0.29, 0.717) is 10.9 Å². The molecule has 0 amide bonds. The van der Waals surface area contributed by atoms with Crippen molar-refractivity contribution in [1.29, 1.82) is 0 Å². The van der Waals surface area contributed by atoms with E-state index in [2.05, 4.69) is 20.8 Å². The summed E-state index contributed by atoms with van der Waals surface area (Å²) in [5, 5.41) is 11.2. The normalized spacial score (nSPS) is 14.6. The van der Waals surface area contributed by atoms with Gasteiger partial charge in [-0.25, -0.2) is 0 Å². The number of rotatable bonds is 6. The highest BCUT2D eigenvalue weighted by molar-refractivity contribution is 6.31. The van der Waals surface area contributed by atoms with Crippen molar-refractivity contribution in [3.63, 3.8) is 0 Å². The summed E-state index contributed by atoms with van der Waals surface area (Å²) in [6, 6.07) is 4.00. The maximum Gasteiger partial charge on any atom is 0.0832 e. The summed E-state index contributed by atoms with van der Waals surface area (Å²) in [6.45, 7) is 8.43. The van der Waals surface area contributed by atoms with Gasteiger partial charge in [0.05, 0.1) is 6.10 Å². The fourth-order valence-corrected chi connectivity index (χ4v) is 2.67. The Morgan fingerprint density at radius 1 is 1.17 bits per heavy atom. The summed E-state index contributed by atoms with van der Waals surface area (Å²) in [6.07, 6.45) is 3.96. The van der Waals surface area contributed by atoms with E-state index in [9.17, 15) is 5.11 Å². The van der Waals surface area contributed by atoms with E-state index in [4.69, 9.17) is 11.6 Å². The van der Waals surface area contributed by atoms with Crippen LogP contribution in [-0.2, 0) is 0 Å². The van der Waals surface area contributed by atoms with Crippen LogP contribution in [0.15, 0.2) is 12.1 Å². The number of aliphatic hydroxyl groups is 1. The predicted octanol–water partition coefficient (Wildman–Crippen LogP) is 5.21. The van der Waals surface area contributed by atoms with Gasteiger partial charge in [-0.2, -0.15) is 0 Å². The van der Waals surface area contributed by atoms with Gasteiger partial charge < -0.3 is 5.11 Å². The number of aliphatic hydroxyl groups excluding tert-OH is 1. The van der Waals surface area contributed by atoms with Crippen molar-refractivity contribution in [2.75, 3.05) is 0 Å². The third kappa shape index (κ3) is 3.73. The van der Waals surface area contributed by atoms with Crippen molar-refractivity contribution < 1.29 is 5.11 Å². The van der Waals surface area contributed by atoms with Crippen molar-refractivity contribution in [2.24, 2.45) is 5.92 Å². The van der Waals surface area contributed by atoms with Gasteiger partial charge in [0, 0.05) is 5.02 Å². The summed E-state index contributed by atoms with van der Waals surface area (Å²) in [4.78, 5) is 0. The molecule has 0 aliphatic heterocycles. The maximum atomic E-state index is 10.5. The van der Waals surface area contributed by atoms with Crippen LogP contribution >= 0.6 is 11.6 Å². The lowest BCUT2D eigenvalue weighted by atomic mass is 9.88. The molecular formula is C16H25ClO. The highest BCUT2D eigenvalue weighted by Gasteiger charge is 2.21. The van der Waals surface area contributed by atoms with Gasteiger partial charge in [0.2, 0.25) is 0 Å². The van der Waals surface area contributed by atoms with E-state index >= 15 is 0 Å². The van der Waals surface area contributed by atoms with Crippen LogP contribution in [0, 0.1) is 19.8 Å². The van der Waals surface area contributed by atoms with Crippen LogP contribution in [0.3, 0.4) is 0 Å². The number of aryl methyl sites for hydroxylation is 2. The molecule has 1 aromatic carbocycles. The molecule has 1 nitrogen and oxygen atoms in total. The Kier molecular flexibility index (Phi) is 6.17. The molecule has 0 spiro atoms. The molecule has 0 fully saturated rings. The minimum atomic E-state index is -0.437. The molecule has 0 saturated heterocycles. The quantitative estimate of drug-likeness (QED) is 0.751. The SMILES string of the molecule is CCCCC(CC)C(O)c1cc(C)c(C)cc1Cl. The zero-order valence-corrected chi connectivity index (χ0v) is 12.7. The molecule has 18 heavy (non-hydrogen) atoms. The first-order valence-corrected chi connectivity index (χ1v) is 7.33. The van der Waals surface area contributed by atoms with Gasteiger partial charge in [0.1, 0.15) is 0 Å². The highest BCUT2D eigenvalue weighted by atomic mass is 35.5. The van der Waals surface area contributed by atoms with Crippen LogP contribution in [0.1, 0.15) is 62.3 Å². The fraction of sp³-hybridized carbons (Fsp3) is 0.625. The van der Waals surface area contributed by atoms with Crippen molar-refractivity contribution in [1.82, 2.24) is 0 Å². The summed E-state index contributed by atoms with van der Waals surface area (Å²) < 4.78 is 0. The molecule has 0 bridgehead atoms. The van der Waals surface area contributed by atoms with Gasteiger partial charge in [-0.05, 0) is 48.9 Å². The highest BCUT2D eigenvalue weighted by Crippen LogP contribution is 2.34.